The number of fused-ring (bicyclic) bond motifs is 1. The third-order valence-electron chi connectivity index (χ3n) is 7.16. The highest BCUT2D eigenvalue weighted by atomic mass is 16.5. The van der Waals surface area contributed by atoms with Crippen LogP contribution in [-0.2, 0) is 24.3 Å². The molecule has 5 rings (SSSR count). The summed E-state index contributed by atoms with van der Waals surface area (Å²) < 4.78 is 16.4. The second-order valence-electron chi connectivity index (χ2n) is 10.3. The normalized spacial score (nSPS) is 17.4. The highest BCUT2D eigenvalue weighted by Gasteiger charge is 2.26. The van der Waals surface area contributed by atoms with Crippen LogP contribution in [0.2, 0.25) is 0 Å². The molecule has 0 saturated carbocycles. The van der Waals surface area contributed by atoms with Gasteiger partial charge in [-0.1, -0.05) is 13.0 Å². The number of nitrogens with zero attached hydrogens (tertiary/aromatic N) is 4. The number of aryl methyl sites for hydroxylation is 1. The standard InChI is InChI=1S/C28H37N7O5/c1-4-7-35(3)28-33-23(10-26(34-28)32-20-13-38-14-20)27(37)30-12-24(36)22-9-18-5-6-21(8-19(18)11-29-22)39-15-25-17(2)31-16-40-25/h5-6,8,10,16,20,22,24,29,36H,4,7,9,11-15H2,1-3H3,(H,30,37)(H,32,33,34)/t22-,24+/m0/s1. The number of aliphatic hydroxyl groups is 1. The van der Waals surface area contributed by atoms with Crippen LogP contribution >= 0.6 is 0 Å². The molecule has 12 nitrogen and oxygen atoms in total. The minimum Gasteiger partial charge on any atom is -0.486 e. The number of benzene rings is 1. The zero-order valence-electron chi connectivity index (χ0n) is 23.1. The van der Waals surface area contributed by atoms with Crippen LogP contribution in [0.25, 0.3) is 0 Å². The number of ether oxygens (including phenoxy) is 2. The van der Waals surface area contributed by atoms with Crippen molar-refractivity contribution in [3.05, 3.63) is 58.9 Å². The van der Waals surface area contributed by atoms with Gasteiger partial charge in [0.2, 0.25) is 5.95 Å². The number of rotatable bonds is 12. The molecule has 4 N–H and O–H groups in total. The number of anilines is 2. The van der Waals surface area contributed by atoms with E-state index in [1.807, 2.05) is 37.1 Å². The van der Waals surface area contributed by atoms with Gasteiger partial charge < -0.3 is 39.8 Å². The Morgan fingerprint density at radius 3 is 2.85 bits per heavy atom. The van der Waals surface area contributed by atoms with Crippen molar-refractivity contribution in [2.75, 3.05) is 43.6 Å². The van der Waals surface area contributed by atoms with E-state index in [2.05, 4.69) is 37.8 Å². The average Bonchev–Trinajstić information content (AvgIpc) is 3.36. The van der Waals surface area contributed by atoms with E-state index in [0.717, 1.165) is 35.5 Å². The maximum absolute atomic E-state index is 13.1. The summed E-state index contributed by atoms with van der Waals surface area (Å²) in [7, 11) is 1.90. The zero-order chi connectivity index (χ0) is 28.1. The minimum atomic E-state index is -0.781. The highest BCUT2D eigenvalue weighted by molar-refractivity contribution is 5.93. The molecule has 1 amide bonds. The smallest absolute Gasteiger partial charge is 0.270 e. The lowest BCUT2D eigenvalue weighted by molar-refractivity contribution is 0.0209. The van der Waals surface area contributed by atoms with Crippen LogP contribution in [0, 0.1) is 6.92 Å². The second-order valence-corrected chi connectivity index (χ2v) is 10.3. The first-order valence-corrected chi connectivity index (χ1v) is 13.7. The number of hydrogen-bond acceptors (Lipinski definition) is 11. The fraction of sp³-hybridized carbons (Fsp3) is 0.500. The summed E-state index contributed by atoms with van der Waals surface area (Å²) in [5.74, 6) is 2.14. The summed E-state index contributed by atoms with van der Waals surface area (Å²) in [4.78, 5) is 28.1. The molecule has 0 radical (unpaired) electrons. The van der Waals surface area contributed by atoms with Crippen molar-refractivity contribution in [3.63, 3.8) is 0 Å². The summed E-state index contributed by atoms with van der Waals surface area (Å²) in [5, 5.41) is 20.4. The van der Waals surface area contributed by atoms with Crippen molar-refractivity contribution in [1.29, 1.82) is 0 Å². The van der Waals surface area contributed by atoms with Crippen molar-refractivity contribution in [2.24, 2.45) is 0 Å². The van der Waals surface area contributed by atoms with Gasteiger partial charge in [-0.3, -0.25) is 4.79 Å². The van der Waals surface area contributed by atoms with Crippen molar-refractivity contribution in [2.45, 2.75) is 58.0 Å². The van der Waals surface area contributed by atoms with Gasteiger partial charge in [-0.15, -0.1) is 0 Å². The van der Waals surface area contributed by atoms with E-state index in [9.17, 15) is 9.90 Å². The molecule has 0 aliphatic carbocycles. The predicted octanol–water partition coefficient (Wildman–Crippen LogP) is 1.81. The van der Waals surface area contributed by atoms with Crippen LogP contribution in [0.5, 0.6) is 5.75 Å². The molecular formula is C28H37N7O5. The number of carbonyl (C=O) groups excluding carboxylic acids is 1. The zero-order valence-corrected chi connectivity index (χ0v) is 23.1. The van der Waals surface area contributed by atoms with E-state index in [1.165, 1.54) is 6.39 Å². The van der Waals surface area contributed by atoms with Gasteiger partial charge >= 0.3 is 0 Å². The molecule has 1 aromatic carbocycles. The van der Waals surface area contributed by atoms with E-state index < -0.39 is 6.10 Å². The fourth-order valence-electron chi connectivity index (χ4n) is 4.68. The predicted molar refractivity (Wildman–Crippen MR) is 149 cm³/mol. The summed E-state index contributed by atoms with van der Waals surface area (Å²) in [6.45, 7) is 6.91. The van der Waals surface area contributed by atoms with Gasteiger partial charge in [0.25, 0.3) is 5.91 Å². The third kappa shape index (κ3) is 6.69. The number of carbonyl (C=O) groups is 1. The lowest BCUT2D eigenvalue weighted by atomic mass is 9.92. The van der Waals surface area contributed by atoms with Crippen LogP contribution in [0.1, 0.15) is 46.4 Å². The number of amides is 1. The molecule has 214 valence electrons. The molecule has 0 unspecified atom stereocenters. The molecule has 1 saturated heterocycles. The van der Waals surface area contributed by atoms with E-state index in [4.69, 9.17) is 13.9 Å². The summed E-state index contributed by atoms with van der Waals surface area (Å²) in [5.41, 5.74) is 3.31. The quantitative estimate of drug-likeness (QED) is 0.261. The Labute approximate surface area is 233 Å². The number of aliphatic hydroxyl groups excluding tert-OH is 1. The molecule has 2 atom stereocenters. The number of aromatic nitrogens is 3. The Balaban J connectivity index is 1.17. The summed E-state index contributed by atoms with van der Waals surface area (Å²) >= 11 is 0. The molecule has 4 heterocycles. The first-order chi connectivity index (χ1) is 19.4. The molecule has 1 fully saturated rings. The van der Waals surface area contributed by atoms with Crippen LogP contribution < -0.4 is 25.6 Å². The van der Waals surface area contributed by atoms with Crippen LogP contribution in [-0.4, -0.2) is 77.5 Å². The fourth-order valence-corrected chi connectivity index (χ4v) is 4.68. The molecule has 0 spiro atoms. The van der Waals surface area contributed by atoms with Crippen molar-refractivity contribution in [1.82, 2.24) is 25.6 Å². The Hall–Kier alpha value is -3.74. The van der Waals surface area contributed by atoms with Gasteiger partial charge in [-0.05, 0) is 43.0 Å². The Morgan fingerprint density at radius 1 is 1.27 bits per heavy atom. The average molecular weight is 552 g/mol. The molecule has 2 aliphatic rings. The summed E-state index contributed by atoms with van der Waals surface area (Å²) in [6, 6.07) is 7.55. The van der Waals surface area contributed by atoms with E-state index in [0.29, 0.717) is 50.3 Å². The summed E-state index contributed by atoms with van der Waals surface area (Å²) in [6.07, 6.45) is 2.19. The van der Waals surface area contributed by atoms with Crippen LogP contribution in [0.3, 0.4) is 0 Å². The number of hydrogen-bond donors (Lipinski definition) is 4. The highest BCUT2D eigenvalue weighted by Crippen LogP contribution is 2.24. The lowest BCUT2D eigenvalue weighted by Crippen LogP contribution is -2.49. The molecule has 0 bridgehead atoms. The van der Waals surface area contributed by atoms with E-state index >= 15 is 0 Å². The molecular weight excluding hydrogens is 514 g/mol. The van der Waals surface area contributed by atoms with Crippen LogP contribution in [0.4, 0.5) is 11.8 Å². The number of oxazole rings is 1. The minimum absolute atomic E-state index is 0.0902. The Kier molecular flexibility index (Phi) is 8.78. The molecule has 12 heteroatoms. The van der Waals surface area contributed by atoms with Gasteiger partial charge in [0, 0.05) is 38.8 Å². The third-order valence-corrected chi connectivity index (χ3v) is 7.16. The second kappa shape index (κ2) is 12.6. The van der Waals surface area contributed by atoms with Gasteiger partial charge in [0.15, 0.2) is 12.2 Å². The molecule has 2 aliphatic heterocycles. The SMILES string of the molecule is CCCN(C)c1nc(NC2COC2)cc(C(=O)NC[C@@H](O)[C@@H]2Cc3ccc(OCc4ocnc4C)cc3CN2)n1. The van der Waals surface area contributed by atoms with Crippen molar-refractivity contribution < 1.29 is 23.8 Å². The molecule has 3 aromatic rings. The van der Waals surface area contributed by atoms with Gasteiger partial charge in [0.1, 0.15) is 23.9 Å². The van der Waals surface area contributed by atoms with Crippen molar-refractivity contribution >= 4 is 17.7 Å². The first-order valence-electron chi connectivity index (χ1n) is 13.7. The van der Waals surface area contributed by atoms with Gasteiger partial charge in [-0.2, -0.15) is 4.98 Å². The Bertz CT molecular complexity index is 1310. The topological polar surface area (TPSA) is 147 Å². The molecule has 2 aromatic heterocycles. The maximum atomic E-state index is 13.1. The maximum Gasteiger partial charge on any atom is 0.270 e. The van der Waals surface area contributed by atoms with E-state index in [1.54, 1.807) is 6.07 Å². The van der Waals surface area contributed by atoms with Gasteiger partial charge in [0.05, 0.1) is 31.1 Å². The Morgan fingerprint density at radius 2 is 2.12 bits per heavy atom. The first kappa shape index (κ1) is 27.8. The lowest BCUT2D eigenvalue weighted by Gasteiger charge is -2.30. The van der Waals surface area contributed by atoms with Crippen molar-refractivity contribution in [3.8, 4) is 5.75 Å². The van der Waals surface area contributed by atoms with Gasteiger partial charge in [-0.25, -0.2) is 9.97 Å². The molecule has 40 heavy (non-hydrogen) atoms. The van der Waals surface area contributed by atoms with E-state index in [-0.39, 0.29) is 30.2 Å². The van der Waals surface area contributed by atoms with Crippen LogP contribution in [0.15, 0.2) is 35.1 Å². The monoisotopic (exact) mass is 551 g/mol. The number of nitrogens with one attached hydrogen (secondary N) is 3. The largest absolute Gasteiger partial charge is 0.486 e.